The first-order valence-electron chi connectivity index (χ1n) is 6.74. The summed E-state index contributed by atoms with van der Waals surface area (Å²) in [6.07, 6.45) is -10.3. The minimum absolute atomic E-state index is 0.202. The van der Waals surface area contributed by atoms with Crippen LogP contribution in [0.1, 0.15) is 6.92 Å². The standard InChI is InChI=1S/C12H17F8NO2/c1-8(21-2-4-22-5-3-21)10(14,15)6-23-7-11(16,17)9(13)12(18,19)20/h8-9H,2-7H2,1H3. The van der Waals surface area contributed by atoms with E-state index in [4.69, 9.17) is 4.74 Å². The molecule has 0 saturated carbocycles. The molecule has 2 atom stereocenters. The van der Waals surface area contributed by atoms with Crippen LogP contribution in [0.5, 0.6) is 0 Å². The Morgan fingerprint density at radius 1 is 0.957 bits per heavy atom. The van der Waals surface area contributed by atoms with Crippen molar-refractivity contribution in [1.82, 2.24) is 4.90 Å². The zero-order valence-corrected chi connectivity index (χ0v) is 12.2. The Bertz CT molecular complexity index is 371. The van der Waals surface area contributed by atoms with Crippen molar-refractivity contribution >= 4 is 0 Å². The molecule has 0 aromatic rings. The normalized spacial score (nSPS) is 21.3. The lowest BCUT2D eigenvalue weighted by Gasteiger charge is -2.36. The summed E-state index contributed by atoms with van der Waals surface area (Å²) < 4.78 is 111. The Kier molecular flexibility index (Phi) is 6.62. The molecule has 0 spiro atoms. The molecule has 138 valence electrons. The fourth-order valence-electron chi connectivity index (χ4n) is 1.99. The van der Waals surface area contributed by atoms with Gasteiger partial charge in [0.05, 0.1) is 19.3 Å². The van der Waals surface area contributed by atoms with E-state index in [-0.39, 0.29) is 26.3 Å². The molecule has 0 radical (unpaired) electrons. The predicted octanol–water partition coefficient (Wildman–Crippen LogP) is 2.89. The number of alkyl halides is 8. The smallest absolute Gasteiger partial charge is 0.379 e. The first-order valence-corrected chi connectivity index (χ1v) is 6.74. The van der Waals surface area contributed by atoms with Gasteiger partial charge >= 0.3 is 12.1 Å². The number of rotatable bonds is 7. The summed E-state index contributed by atoms with van der Waals surface area (Å²) in [5.41, 5.74) is 0. The van der Waals surface area contributed by atoms with Gasteiger partial charge in [0.15, 0.2) is 0 Å². The second kappa shape index (κ2) is 7.47. The van der Waals surface area contributed by atoms with E-state index in [1.54, 1.807) is 0 Å². The maximum Gasteiger partial charge on any atom is 0.425 e. The van der Waals surface area contributed by atoms with Gasteiger partial charge in [-0.3, -0.25) is 4.90 Å². The van der Waals surface area contributed by atoms with Crippen LogP contribution in [0, 0.1) is 0 Å². The molecule has 2 unspecified atom stereocenters. The molecule has 0 aromatic carbocycles. The summed E-state index contributed by atoms with van der Waals surface area (Å²) in [7, 11) is 0. The molecule has 1 fully saturated rings. The van der Waals surface area contributed by atoms with Gasteiger partial charge in [-0.05, 0) is 6.92 Å². The van der Waals surface area contributed by atoms with Crippen molar-refractivity contribution in [3.05, 3.63) is 0 Å². The van der Waals surface area contributed by atoms with E-state index in [9.17, 15) is 35.1 Å². The lowest BCUT2D eigenvalue weighted by molar-refractivity contribution is -0.259. The monoisotopic (exact) mass is 359 g/mol. The molecule has 23 heavy (non-hydrogen) atoms. The van der Waals surface area contributed by atoms with Crippen molar-refractivity contribution < 1.29 is 44.6 Å². The van der Waals surface area contributed by atoms with Crippen molar-refractivity contribution in [2.24, 2.45) is 0 Å². The van der Waals surface area contributed by atoms with Gasteiger partial charge in [-0.1, -0.05) is 0 Å². The van der Waals surface area contributed by atoms with Gasteiger partial charge in [0.25, 0.3) is 12.1 Å². The lowest BCUT2D eigenvalue weighted by Crippen LogP contribution is -2.53. The summed E-state index contributed by atoms with van der Waals surface area (Å²) in [5, 5.41) is 0. The molecule has 1 aliphatic heterocycles. The molecule has 1 saturated heterocycles. The number of morpholine rings is 1. The number of halogens is 8. The number of hydrogen-bond donors (Lipinski definition) is 0. The Morgan fingerprint density at radius 3 is 1.91 bits per heavy atom. The number of ether oxygens (including phenoxy) is 2. The molecule has 0 N–H and O–H groups in total. The van der Waals surface area contributed by atoms with Gasteiger partial charge in [-0.2, -0.15) is 13.2 Å². The van der Waals surface area contributed by atoms with Gasteiger partial charge in [0, 0.05) is 13.1 Å². The van der Waals surface area contributed by atoms with Crippen molar-refractivity contribution in [2.75, 3.05) is 39.5 Å². The molecule has 3 nitrogen and oxygen atoms in total. The van der Waals surface area contributed by atoms with E-state index in [1.807, 2.05) is 0 Å². The number of hydrogen-bond acceptors (Lipinski definition) is 3. The zero-order chi connectivity index (χ0) is 17.9. The van der Waals surface area contributed by atoms with E-state index < -0.39 is 43.4 Å². The van der Waals surface area contributed by atoms with Gasteiger partial charge in [-0.15, -0.1) is 0 Å². The minimum atomic E-state index is -5.80. The third-order valence-electron chi connectivity index (χ3n) is 3.45. The van der Waals surface area contributed by atoms with Crippen molar-refractivity contribution in [2.45, 2.75) is 37.2 Å². The molecule has 0 aliphatic carbocycles. The molecule has 1 rings (SSSR count). The van der Waals surface area contributed by atoms with Crippen LogP contribution in [0.4, 0.5) is 35.1 Å². The van der Waals surface area contributed by atoms with Gasteiger partial charge in [-0.25, -0.2) is 22.0 Å². The van der Waals surface area contributed by atoms with Crippen molar-refractivity contribution in [3.63, 3.8) is 0 Å². The van der Waals surface area contributed by atoms with Crippen LogP contribution in [-0.4, -0.2) is 74.7 Å². The molecule has 1 heterocycles. The van der Waals surface area contributed by atoms with Gasteiger partial charge in [0.1, 0.15) is 13.2 Å². The fourth-order valence-corrected chi connectivity index (χ4v) is 1.99. The highest BCUT2D eigenvalue weighted by atomic mass is 19.4. The van der Waals surface area contributed by atoms with Crippen LogP contribution in [0.15, 0.2) is 0 Å². The summed E-state index contributed by atoms with van der Waals surface area (Å²) in [6.45, 7) is -1.62. The van der Waals surface area contributed by atoms with E-state index >= 15 is 0 Å². The summed E-state index contributed by atoms with van der Waals surface area (Å²) in [6, 6.07) is -1.39. The Labute approximate surface area is 127 Å². The average Bonchev–Trinajstić information content (AvgIpc) is 2.45. The van der Waals surface area contributed by atoms with Gasteiger partial charge in [0.2, 0.25) is 0 Å². The molecule has 11 heteroatoms. The van der Waals surface area contributed by atoms with Crippen molar-refractivity contribution in [1.29, 1.82) is 0 Å². The second-order valence-corrected chi connectivity index (χ2v) is 5.24. The Balaban J connectivity index is 2.52. The second-order valence-electron chi connectivity index (χ2n) is 5.24. The molecule has 0 amide bonds. The maximum atomic E-state index is 13.8. The summed E-state index contributed by atoms with van der Waals surface area (Å²) in [5.74, 6) is -8.52. The van der Waals surface area contributed by atoms with Crippen LogP contribution in [-0.2, 0) is 9.47 Å². The van der Waals surface area contributed by atoms with Crippen LogP contribution < -0.4 is 0 Å². The summed E-state index contributed by atoms with van der Waals surface area (Å²) >= 11 is 0. The van der Waals surface area contributed by atoms with Crippen LogP contribution in [0.25, 0.3) is 0 Å². The molecular weight excluding hydrogens is 342 g/mol. The Morgan fingerprint density at radius 2 is 1.43 bits per heavy atom. The van der Waals surface area contributed by atoms with Crippen LogP contribution in [0.3, 0.4) is 0 Å². The van der Waals surface area contributed by atoms with Crippen LogP contribution >= 0.6 is 0 Å². The van der Waals surface area contributed by atoms with E-state index in [0.717, 1.165) is 6.92 Å². The average molecular weight is 359 g/mol. The molecule has 0 bridgehead atoms. The first-order chi connectivity index (χ1) is 10.4. The van der Waals surface area contributed by atoms with E-state index in [1.165, 1.54) is 4.90 Å². The topological polar surface area (TPSA) is 21.7 Å². The quantitative estimate of drug-likeness (QED) is 0.653. The largest absolute Gasteiger partial charge is 0.425 e. The zero-order valence-electron chi connectivity index (χ0n) is 12.2. The highest BCUT2D eigenvalue weighted by Crippen LogP contribution is 2.35. The SMILES string of the molecule is CC(N1CCOCC1)C(F)(F)COCC(F)(F)C(F)C(F)(F)F. The first kappa shape index (κ1) is 20.4. The third-order valence-corrected chi connectivity index (χ3v) is 3.45. The van der Waals surface area contributed by atoms with E-state index in [0.29, 0.717) is 0 Å². The molecule has 1 aliphatic rings. The Hall–Kier alpha value is -0.680. The van der Waals surface area contributed by atoms with Gasteiger partial charge < -0.3 is 9.47 Å². The lowest BCUT2D eigenvalue weighted by atomic mass is 10.1. The summed E-state index contributed by atoms with van der Waals surface area (Å²) in [4.78, 5) is 1.35. The van der Waals surface area contributed by atoms with Crippen molar-refractivity contribution in [3.8, 4) is 0 Å². The fraction of sp³-hybridized carbons (Fsp3) is 1.00. The predicted molar refractivity (Wildman–Crippen MR) is 63.5 cm³/mol. The maximum absolute atomic E-state index is 13.8. The highest BCUT2D eigenvalue weighted by molar-refractivity contribution is 4.86. The third kappa shape index (κ3) is 5.71. The highest BCUT2D eigenvalue weighted by Gasteiger charge is 2.57. The molecule has 0 aromatic heterocycles. The van der Waals surface area contributed by atoms with Crippen LogP contribution in [0.2, 0.25) is 0 Å². The molecular formula is C12H17F8NO2. The number of nitrogens with zero attached hydrogens (tertiary/aromatic N) is 1. The minimum Gasteiger partial charge on any atom is -0.379 e. The van der Waals surface area contributed by atoms with E-state index in [2.05, 4.69) is 4.74 Å².